The summed E-state index contributed by atoms with van der Waals surface area (Å²) in [5.41, 5.74) is 1.66. The minimum Gasteiger partial charge on any atom is -0.356 e. The van der Waals surface area contributed by atoms with E-state index in [1.807, 2.05) is 11.0 Å². The summed E-state index contributed by atoms with van der Waals surface area (Å²) in [5, 5.41) is 13.6. The van der Waals surface area contributed by atoms with E-state index in [4.69, 9.17) is 4.52 Å². The molecular formula is C23H22FN5O3. The van der Waals surface area contributed by atoms with E-state index in [0.29, 0.717) is 49.0 Å². The molecule has 0 aliphatic carbocycles. The summed E-state index contributed by atoms with van der Waals surface area (Å²) in [5.74, 6) is -0.105. The third-order valence-electron chi connectivity index (χ3n) is 6.09. The summed E-state index contributed by atoms with van der Waals surface area (Å²) < 4.78 is 20.0. The second kappa shape index (κ2) is 8.49. The molecule has 32 heavy (non-hydrogen) atoms. The molecule has 0 N–H and O–H groups in total. The van der Waals surface area contributed by atoms with Crippen molar-refractivity contribution in [2.24, 2.45) is 0 Å². The van der Waals surface area contributed by atoms with E-state index in [-0.39, 0.29) is 23.2 Å². The normalized spacial score (nSPS) is 15.0. The minimum absolute atomic E-state index is 0.0670. The molecule has 9 heteroatoms. The molecule has 0 atom stereocenters. The van der Waals surface area contributed by atoms with Crippen LogP contribution in [0.25, 0.3) is 21.9 Å². The summed E-state index contributed by atoms with van der Waals surface area (Å²) in [4.78, 5) is 27.0. The second-order valence-electron chi connectivity index (χ2n) is 8.10. The van der Waals surface area contributed by atoms with Gasteiger partial charge < -0.3 is 9.42 Å². The number of nitrogens with zero attached hydrogens (tertiary/aromatic N) is 5. The quantitative estimate of drug-likeness (QED) is 0.478. The van der Waals surface area contributed by atoms with Crippen molar-refractivity contribution >= 4 is 27.8 Å². The fraction of sp³-hybridized carbons (Fsp3) is 0.348. The van der Waals surface area contributed by atoms with E-state index < -0.39 is 0 Å². The van der Waals surface area contributed by atoms with Crippen molar-refractivity contribution in [2.75, 3.05) is 13.1 Å². The highest BCUT2D eigenvalue weighted by Crippen LogP contribution is 2.32. The van der Waals surface area contributed by atoms with Gasteiger partial charge in [-0.1, -0.05) is 22.5 Å². The maximum atomic E-state index is 13.4. The number of rotatable bonds is 5. The molecule has 4 aromatic rings. The van der Waals surface area contributed by atoms with Crippen molar-refractivity contribution in [3.8, 4) is 0 Å². The number of hydrogen-bond acceptors (Lipinski definition) is 6. The molecule has 0 radical (unpaired) electrons. The Balaban J connectivity index is 1.16. The number of fused-ring (bicyclic) bond motifs is 2. The SMILES string of the molecule is O=C(CCCn1nnc2ccccc2c1=O)N1CCC(c2noc3cc(F)ccc23)CC1. The summed E-state index contributed by atoms with van der Waals surface area (Å²) >= 11 is 0. The van der Waals surface area contributed by atoms with Gasteiger partial charge in [-0.05, 0) is 43.5 Å². The highest BCUT2D eigenvalue weighted by Gasteiger charge is 2.27. The lowest BCUT2D eigenvalue weighted by molar-refractivity contribution is -0.132. The highest BCUT2D eigenvalue weighted by atomic mass is 19.1. The van der Waals surface area contributed by atoms with Crippen molar-refractivity contribution in [3.63, 3.8) is 0 Å². The van der Waals surface area contributed by atoms with Crippen LogP contribution >= 0.6 is 0 Å². The lowest BCUT2D eigenvalue weighted by atomic mass is 9.91. The maximum absolute atomic E-state index is 13.4. The molecule has 0 spiro atoms. The molecule has 0 bridgehead atoms. The lowest BCUT2D eigenvalue weighted by Gasteiger charge is -2.31. The fourth-order valence-electron chi connectivity index (χ4n) is 4.34. The van der Waals surface area contributed by atoms with Crippen LogP contribution in [0.1, 0.15) is 37.3 Å². The molecule has 0 saturated carbocycles. The van der Waals surface area contributed by atoms with E-state index in [9.17, 15) is 14.0 Å². The van der Waals surface area contributed by atoms with Crippen LogP contribution in [0.3, 0.4) is 0 Å². The number of likely N-dealkylation sites (tertiary alicyclic amines) is 1. The van der Waals surface area contributed by atoms with Crippen LogP contribution in [0.4, 0.5) is 4.39 Å². The highest BCUT2D eigenvalue weighted by molar-refractivity contribution is 5.80. The lowest BCUT2D eigenvalue weighted by Crippen LogP contribution is -2.38. The predicted octanol–water partition coefficient (Wildman–Crippen LogP) is 3.26. The summed E-state index contributed by atoms with van der Waals surface area (Å²) in [6, 6.07) is 11.5. The first-order chi connectivity index (χ1) is 15.6. The zero-order chi connectivity index (χ0) is 22.1. The monoisotopic (exact) mass is 435 g/mol. The van der Waals surface area contributed by atoms with E-state index in [2.05, 4.69) is 15.5 Å². The topological polar surface area (TPSA) is 94.1 Å². The summed E-state index contributed by atoms with van der Waals surface area (Å²) in [6.07, 6.45) is 2.42. The van der Waals surface area contributed by atoms with Crippen LogP contribution < -0.4 is 5.56 Å². The molecular weight excluding hydrogens is 413 g/mol. The number of piperidine rings is 1. The van der Waals surface area contributed by atoms with Gasteiger partial charge in [-0.3, -0.25) is 9.59 Å². The van der Waals surface area contributed by atoms with Crippen LogP contribution in [-0.2, 0) is 11.3 Å². The van der Waals surface area contributed by atoms with Crippen LogP contribution in [0, 0.1) is 5.82 Å². The number of aryl methyl sites for hydroxylation is 1. The van der Waals surface area contributed by atoms with Crippen molar-refractivity contribution in [3.05, 3.63) is 64.3 Å². The zero-order valence-corrected chi connectivity index (χ0v) is 17.4. The van der Waals surface area contributed by atoms with Gasteiger partial charge in [0.15, 0.2) is 5.58 Å². The largest absolute Gasteiger partial charge is 0.356 e. The van der Waals surface area contributed by atoms with Crippen LogP contribution in [0.15, 0.2) is 51.8 Å². The Morgan fingerprint density at radius 1 is 1.12 bits per heavy atom. The maximum Gasteiger partial charge on any atom is 0.277 e. The Labute approximate surface area is 182 Å². The number of halogens is 1. The van der Waals surface area contributed by atoms with Gasteiger partial charge in [0.25, 0.3) is 5.56 Å². The molecule has 2 aromatic carbocycles. The Kier molecular flexibility index (Phi) is 5.38. The van der Waals surface area contributed by atoms with Crippen LogP contribution in [-0.4, -0.2) is 44.0 Å². The number of aromatic nitrogens is 4. The molecule has 1 saturated heterocycles. The molecule has 8 nitrogen and oxygen atoms in total. The first-order valence-electron chi connectivity index (χ1n) is 10.8. The van der Waals surface area contributed by atoms with Gasteiger partial charge in [-0.2, -0.15) is 0 Å². The smallest absolute Gasteiger partial charge is 0.277 e. The number of hydrogen-bond donors (Lipinski definition) is 0. The standard InChI is InChI=1S/C23H22FN5O3/c24-16-7-8-18-20(14-16)32-26-22(18)15-9-12-28(13-10-15)21(30)6-3-11-29-23(31)17-4-1-2-5-19(17)25-27-29/h1-2,4-5,7-8,14-15H,3,6,9-13H2. The minimum atomic E-state index is -0.349. The number of carbonyl (C=O) groups excluding carboxylic acids is 1. The van der Waals surface area contributed by atoms with E-state index >= 15 is 0 Å². The molecule has 1 fully saturated rings. The fourth-order valence-corrected chi connectivity index (χ4v) is 4.34. The molecule has 3 heterocycles. The average molecular weight is 435 g/mol. The summed E-state index contributed by atoms with van der Waals surface area (Å²) in [6.45, 7) is 1.61. The van der Waals surface area contributed by atoms with Crippen LogP contribution in [0.5, 0.6) is 0 Å². The Bertz CT molecular complexity index is 1340. The molecule has 1 aliphatic heterocycles. The first kappa shape index (κ1) is 20.3. The molecule has 5 rings (SSSR count). The Morgan fingerprint density at radius 2 is 1.94 bits per heavy atom. The molecule has 164 valence electrons. The average Bonchev–Trinajstić information content (AvgIpc) is 3.23. The van der Waals surface area contributed by atoms with E-state index in [1.165, 1.54) is 16.8 Å². The van der Waals surface area contributed by atoms with E-state index in [0.717, 1.165) is 23.9 Å². The van der Waals surface area contributed by atoms with Crippen LogP contribution in [0.2, 0.25) is 0 Å². The van der Waals surface area contributed by atoms with Gasteiger partial charge in [0.2, 0.25) is 5.91 Å². The Hall–Kier alpha value is -3.62. The number of carbonyl (C=O) groups is 1. The molecule has 1 amide bonds. The van der Waals surface area contributed by atoms with E-state index in [1.54, 1.807) is 24.3 Å². The van der Waals surface area contributed by atoms with Crippen molar-refractivity contribution in [1.29, 1.82) is 0 Å². The van der Waals surface area contributed by atoms with Crippen molar-refractivity contribution < 1.29 is 13.7 Å². The second-order valence-corrected chi connectivity index (χ2v) is 8.10. The number of amides is 1. The zero-order valence-electron chi connectivity index (χ0n) is 17.4. The first-order valence-corrected chi connectivity index (χ1v) is 10.8. The summed E-state index contributed by atoms with van der Waals surface area (Å²) in [7, 11) is 0. The number of benzene rings is 2. The van der Waals surface area contributed by atoms with Gasteiger partial charge in [-0.25, -0.2) is 9.07 Å². The molecule has 1 aliphatic rings. The molecule has 2 aromatic heterocycles. The molecule has 0 unspecified atom stereocenters. The van der Waals surface area contributed by atoms with Gasteiger partial charge in [0.1, 0.15) is 11.3 Å². The third kappa shape index (κ3) is 3.86. The van der Waals surface area contributed by atoms with Gasteiger partial charge in [0, 0.05) is 43.4 Å². The van der Waals surface area contributed by atoms with Gasteiger partial charge in [-0.15, -0.1) is 5.10 Å². The van der Waals surface area contributed by atoms with Gasteiger partial charge >= 0.3 is 0 Å². The third-order valence-corrected chi connectivity index (χ3v) is 6.09. The Morgan fingerprint density at radius 3 is 2.78 bits per heavy atom. The van der Waals surface area contributed by atoms with Gasteiger partial charge in [0.05, 0.1) is 11.1 Å². The van der Waals surface area contributed by atoms with Crippen molar-refractivity contribution in [1.82, 2.24) is 25.1 Å². The predicted molar refractivity (Wildman–Crippen MR) is 116 cm³/mol. The van der Waals surface area contributed by atoms with Crippen molar-refractivity contribution in [2.45, 2.75) is 38.1 Å².